The molecule has 0 saturated heterocycles. The minimum Gasteiger partial charge on any atom is -0.461 e. The van der Waals surface area contributed by atoms with E-state index in [0.29, 0.717) is 29.7 Å². The Hall–Kier alpha value is -2.98. The van der Waals surface area contributed by atoms with E-state index in [-0.39, 0.29) is 28.7 Å². The number of nitrogens with zero attached hydrogens (tertiary/aromatic N) is 3. The second kappa shape index (κ2) is 7.80. The van der Waals surface area contributed by atoms with Gasteiger partial charge in [-0.2, -0.15) is 5.10 Å². The van der Waals surface area contributed by atoms with Crippen LogP contribution in [0.5, 0.6) is 0 Å². The Morgan fingerprint density at radius 2 is 1.93 bits per heavy atom. The van der Waals surface area contributed by atoms with Gasteiger partial charge in [0.2, 0.25) is 15.8 Å². The molecule has 154 valence electrons. The topological polar surface area (TPSA) is 125 Å². The minimum absolute atomic E-state index is 0.0626. The molecule has 0 fully saturated rings. The van der Waals surface area contributed by atoms with Gasteiger partial charge in [-0.05, 0) is 44.0 Å². The average molecular weight is 418 g/mol. The molecule has 0 bridgehead atoms. The van der Waals surface area contributed by atoms with Gasteiger partial charge in [-0.3, -0.25) is 4.79 Å². The van der Waals surface area contributed by atoms with Crippen LogP contribution in [0.2, 0.25) is 0 Å². The molecular weight excluding hydrogens is 396 g/mol. The number of ketones is 1. The van der Waals surface area contributed by atoms with Crippen molar-refractivity contribution in [2.24, 2.45) is 5.14 Å². The van der Waals surface area contributed by atoms with Crippen LogP contribution in [0.3, 0.4) is 0 Å². The Morgan fingerprint density at radius 3 is 2.48 bits per heavy atom. The monoisotopic (exact) mass is 418 g/mol. The van der Waals surface area contributed by atoms with Gasteiger partial charge < -0.3 is 9.64 Å². The molecule has 10 heteroatoms. The van der Waals surface area contributed by atoms with E-state index >= 15 is 0 Å². The van der Waals surface area contributed by atoms with Crippen molar-refractivity contribution in [3.05, 3.63) is 53.0 Å². The molecule has 3 rings (SSSR count). The van der Waals surface area contributed by atoms with E-state index < -0.39 is 16.0 Å². The molecule has 9 nitrogen and oxygen atoms in total. The highest BCUT2D eigenvalue weighted by molar-refractivity contribution is 7.89. The first-order valence-electron chi connectivity index (χ1n) is 8.97. The van der Waals surface area contributed by atoms with Crippen molar-refractivity contribution in [2.45, 2.75) is 24.7 Å². The summed E-state index contributed by atoms with van der Waals surface area (Å²) in [6.07, 6.45) is 2.69. The largest absolute Gasteiger partial charge is 0.461 e. The highest BCUT2D eigenvalue weighted by atomic mass is 32.2. The molecule has 29 heavy (non-hydrogen) atoms. The zero-order valence-corrected chi connectivity index (χ0v) is 17.2. The summed E-state index contributed by atoms with van der Waals surface area (Å²) < 4.78 is 29.5. The standard InChI is InChI=1S/C19H22N4O5S/c1-4-28-19(25)16-15-10-5-12(11-22(2)3)18(24)17(15)23(21-16)13-6-8-14(9-7-13)29(20,26)27/h6-9,11H,4-5,10H2,1-3H3,(H2,20,26,27)/b12-11-. The fourth-order valence-corrected chi connectivity index (χ4v) is 3.72. The smallest absolute Gasteiger partial charge is 0.359 e. The third kappa shape index (κ3) is 4.08. The van der Waals surface area contributed by atoms with Gasteiger partial charge in [0.25, 0.3) is 0 Å². The van der Waals surface area contributed by atoms with Crippen molar-refractivity contribution in [1.29, 1.82) is 0 Å². The number of aromatic nitrogens is 2. The van der Waals surface area contributed by atoms with Crippen molar-refractivity contribution in [3.63, 3.8) is 0 Å². The predicted molar refractivity (Wildman–Crippen MR) is 105 cm³/mol. The maximum absolute atomic E-state index is 13.1. The number of nitrogens with two attached hydrogens (primary N) is 1. The number of fused-ring (bicyclic) bond motifs is 1. The number of benzene rings is 1. The lowest BCUT2D eigenvalue weighted by atomic mass is 9.90. The number of rotatable bonds is 5. The Bertz CT molecular complexity index is 1100. The van der Waals surface area contributed by atoms with E-state index in [0.717, 1.165) is 0 Å². The molecule has 0 unspecified atom stereocenters. The van der Waals surface area contributed by atoms with Crippen LogP contribution in [0.15, 0.2) is 40.9 Å². The Balaban J connectivity index is 2.17. The van der Waals surface area contributed by atoms with Gasteiger partial charge in [-0.15, -0.1) is 0 Å². The summed E-state index contributed by atoms with van der Waals surface area (Å²) in [4.78, 5) is 27.2. The van der Waals surface area contributed by atoms with Crippen molar-refractivity contribution in [3.8, 4) is 5.69 Å². The molecule has 1 aliphatic rings. The summed E-state index contributed by atoms with van der Waals surface area (Å²) in [5, 5.41) is 9.48. The second-order valence-electron chi connectivity index (χ2n) is 6.79. The summed E-state index contributed by atoms with van der Waals surface area (Å²) in [5.41, 5.74) is 1.93. The van der Waals surface area contributed by atoms with E-state index in [1.54, 1.807) is 18.0 Å². The number of carbonyl (C=O) groups is 2. The van der Waals surface area contributed by atoms with E-state index in [2.05, 4.69) is 5.10 Å². The molecule has 1 aromatic carbocycles. The lowest BCUT2D eigenvalue weighted by molar-refractivity contribution is 0.0517. The van der Waals surface area contributed by atoms with Gasteiger partial charge >= 0.3 is 5.97 Å². The molecule has 0 aliphatic heterocycles. The number of ether oxygens (including phenoxy) is 1. The number of hydrogen-bond acceptors (Lipinski definition) is 7. The van der Waals surface area contributed by atoms with Crippen molar-refractivity contribution >= 4 is 21.8 Å². The summed E-state index contributed by atoms with van der Waals surface area (Å²) in [6, 6.07) is 5.62. The zero-order valence-electron chi connectivity index (χ0n) is 16.4. The molecule has 0 radical (unpaired) electrons. The number of allylic oxidation sites excluding steroid dienone is 1. The normalized spacial score (nSPS) is 15.3. The first-order valence-corrected chi connectivity index (χ1v) is 10.5. The average Bonchev–Trinajstić information content (AvgIpc) is 3.04. The summed E-state index contributed by atoms with van der Waals surface area (Å²) in [6.45, 7) is 1.87. The number of esters is 1. The van der Waals surface area contributed by atoms with Crippen LogP contribution in [-0.2, 0) is 21.2 Å². The first-order chi connectivity index (χ1) is 13.6. The first kappa shape index (κ1) is 20.7. The molecule has 1 aromatic heterocycles. The second-order valence-corrected chi connectivity index (χ2v) is 8.36. The predicted octanol–water partition coefficient (Wildman–Crippen LogP) is 1.27. The number of Topliss-reactive ketones (excluding diaryl/α,β-unsaturated/α-hetero) is 1. The number of sulfonamides is 1. The van der Waals surface area contributed by atoms with Crippen LogP contribution in [0.1, 0.15) is 39.9 Å². The van der Waals surface area contributed by atoms with Crippen LogP contribution in [0.25, 0.3) is 5.69 Å². The lowest BCUT2D eigenvalue weighted by Gasteiger charge is -2.18. The number of hydrogen-bond donors (Lipinski definition) is 1. The summed E-state index contributed by atoms with van der Waals surface area (Å²) >= 11 is 0. The van der Waals surface area contributed by atoms with Gasteiger partial charge in [0.05, 0.1) is 17.2 Å². The molecule has 2 N–H and O–H groups in total. The number of carbonyl (C=O) groups excluding carboxylic acids is 2. The quantitative estimate of drug-likeness (QED) is 0.573. The molecule has 1 heterocycles. The van der Waals surface area contributed by atoms with Crippen molar-refractivity contribution < 1.29 is 22.7 Å². The van der Waals surface area contributed by atoms with E-state index in [1.165, 1.54) is 28.9 Å². The molecule has 0 amide bonds. The zero-order chi connectivity index (χ0) is 21.3. The molecular formula is C19H22N4O5S. The molecule has 0 saturated carbocycles. The van der Waals surface area contributed by atoms with Gasteiger partial charge in [0, 0.05) is 31.4 Å². The lowest BCUT2D eigenvalue weighted by Crippen LogP contribution is -2.20. The van der Waals surface area contributed by atoms with E-state index in [4.69, 9.17) is 9.88 Å². The van der Waals surface area contributed by atoms with Crippen LogP contribution < -0.4 is 5.14 Å². The third-order valence-corrected chi connectivity index (χ3v) is 5.36. The highest BCUT2D eigenvalue weighted by Gasteiger charge is 2.33. The SMILES string of the molecule is CCOC(=O)c1nn(-c2ccc(S(N)(=O)=O)cc2)c2c1CC/C(=C/N(C)C)C2=O. The van der Waals surface area contributed by atoms with Crippen LogP contribution in [-0.4, -0.2) is 55.6 Å². The van der Waals surface area contributed by atoms with Crippen LogP contribution in [0, 0.1) is 0 Å². The third-order valence-electron chi connectivity index (χ3n) is 4.43. The summed E-state index contributed by atoms with van der Waals surface area (Å²) in [7, 11) is -0.208. The van der Waals surface area contributed by atoms with E-state index in [1.807, 2.05) is 14.1 Å². The fraction of sp³-hybridized carbons (Fsp3) is 0.316. The Kier molecular flexibility index (Phi) is 5.58. The molecule has 0 atom stereocenters. The van der Waals surface area contributed by atoms with Gasteiger partial charge in [0.1, 0.15) is 5.69 Å². The van der Waals surface area contributed by atoms with Crippen molar-refractivity contribution in [1.82, 2.24) is 14.7 Å². The number of primary sulfonamides is 1. The summed E-state index contributed by atoms with van der Waals surface area (Å²) in [5.74, 6) is -0.838. The van der Waals surface area contributed by atoms with Crippen LogP contribution >= 0.6 is 0 Å². The van der Waals surface area contributed by atoms with Gasteiger partial charge in [0.15, 0.2) is 5.69 Å². The molecule has 2 aromatic rings. The molecule has 1 aliphatic carbocycles. The van der Waals surface area contributed by atoms with Gasteiger partial charge in [-0.1, -0.05) is 0 Å². The van der Waals surface area contributed by atoms with Crippen LogP contribution in [0.4, 0.5) is 0 Å². The van der Waals surface area contributed by atoms with E-state index in [9.17, 15) is 18.0 Å². The molecule has 0 spiro atoms. The highest BCUT2D eigenvalue weighted by Crippen LogP contribution is 2.30. The maximum Gasteiger partial charge on any atom is 0.359 e. The van der Waals surface area contributed by atoms with Gasteiger partial charge in [-0.25, -0.2) is 23.0 Å². The Morgan fingerprint density at radius 1 is 1.28 bits per heavy atom. The maximum atomic E-state index is 13.1. The fourth-order valence-electron chi connectivity index (χ4n) is 3.21. The van der Waals surface area contributed by atoms with Crippen molar-refractivity contribution in [2.75, 3.05) is 20.7 Å². The minimum atomic E-state index is -3.85. The Labute approximate surface area is 168 Å².